The third-order valence-electron chi connectivity index (χ3n) is 2.31. The monoisotopic (exact) mass is 363 g/mol. The van der Waals surface area contributed by atoms with Crippen LogP contribution in [-0.2, 0) is 4.79 Å². The zero-order chi connectivity index (χ0) is 13.5. The predicted octanol–water partition coefficient (Wildman–Crippen LogP) is 1.98. The maximum absolute atomic E-state index is 11.7. The van der Waals surface area contributed by atoms with Crippen molar-refractivity contribution < 1.29 is 19.8 Å². The Hall–Kier alpha value is -1.31. The summed E-state index contributed by atoms with van der Waals surface area (Å²) in [4.78, 5) is 21.9. The van der Waals surface area contributed by atoms with Crippen molar-refractivity contribution in [2.24, 2.45) is 0 Å². The second-order valence-corrected chi connectivity index (χ2v) is 4.94. The molecule has 0 radical (unpaired) electrons. The van der Waals surface area contributed by atoms with Gasteiger partial charge in [-0.25, -0.2) is 0 Å². The Morgan fingerprint density at radius 1 is 1.28 bits per heavy atom. The van der Waals surface area contributed by atoms with E-state index in [0.717, 1.165) is 0 Å². The lowest BCUT2D eigenvalue weighted by atomic mass is 10.2. The van der Waals surface area contributed by atoms with Crippen LogP contribution in [0.2, 0.25) is 0 Å². The summed E-state index contributed by atoms with van der Waals surface area (Å²) >= 11 is 1.97. The molecule has 98 valence electrons. The molecule has 0 unspecified atom stereocenters. The number of phenolic OH excluding ortho intramolecular Hbond substituents is 1. The lowest BCUT2D eigenvalue weighted by Gasteiger charge is -2.05. The predicted molar refractivity (Wildman–Crippen MR) is 74.6 cm³/mol. The van der Waals surface area contributed by atoms with Crippen molar-refractivity contribution in [2.45, 2.75) is 19.3 Å². The molecule has 1 amide bonds. The van der Waals surface area contributed by atoms with Crippen LogP contribution in [0.25, 0.3) is 0 Å². The minimum Gasteiger partial charge on any atom is -0.507 e. The number of carbonyl (C=O) groups is 2. The minimum absolute atomic E-state index is 0.0779. The number of aromatic hydroxyl groups is 1. The number of aliphatic carboxylic acids is 1. The van der Waals surface area contributed by atoms with E-state index in [1.807, 2.05) is 22.6 Å². The number of halogens is 1. The zero-order valence-electron chi connectivity index (χ0n) is 9.65. The molecule has 0 aliphatic carbocycles. The Bertz CT molecular complexity index is 448. The molecular weight excluding hydrogens is 349 g/mol. The highest BCUT2D eigenvalue weighted by molar-refractivity contribution is 14.1. The molecule has 0 heterocycles. The van der Waals surface area contributed by atoms with Gasteiger partial charge in [-0.05, 0) is 53.6 Å². The van der Waals surface area contributed by atoms with Crippen LogP contribution in [0.15, 0.2) is 18.2 Å². The van der Waals surface area contributed by atoms with Crippen molar-refractivity contribution in [3.63, 3.8) is 0 Å². The van der Waals surface area contributed by atoms with Crippen molar-refractivity contribution in [1.82, 2.24) is 5.32 Å². The van der Waals surface area contributed by atoms with Gasteiger partial charge in [-0.3, -0.25) is 9.59 Å². The molecule has 18 heavy (non-hydrogen) atoms. The fourth-order valence-electron chi connectivity index (χ4n) is 1.36. The normalized spacial score (nSPS) is 10.1. The first-order chi connectivity index (χ1) is 8.50. The molecule has 3 N–H and O–H groups in total. The highest BCUT2D eigenvalue weighted by atomic mass is 127. The molecule has 0 saturated heterocycles. The summed E-state index contributed by atoms with van der Waals surface area (Å²) in [5, 5.41) is 20.6. The second kappa shape index (κ2) is 7.20. The summed E-state index contributed by atoms with van der Waals surface area (Å²) < 4.78 is 0.686. The summed E-state index contributed by atoms with van der Waals surface area (Å²) in [5.74, 6) is -1.02. The van der Waals surface area contributed by atoms with Gasteiger partial charge in [0.1, 0.15) is 5.75 Å². The van der Waals surface area contributed by atoms with Crippen LogP contribution in [0.5, 0.6) is 5.75 Å². The van der Waals surface area contributed by atoms with Gasteiger partial charge in [-0.2, -0.15) is 0 Å². The van der Waals surface area contributed by atoms with Gasteiger partial charge in [0.25, 0.3) is 5.91 Å². The molecule has 1 rings (SSSR count). The molecule has 1 aromatic rings. The average Bonchev–Trinajstić information content (AvgIpc) is 2.31. The van der Waals surface area contributed by atoms with E-state index in [4.69, 9.17) is 5.11 Å². The Kier molecular flexibility index (Phi) is 5.90. The summed E-state index contributed by atoms with van der Waals surface area (Å²) in [6.45, 7) is 0.429. The van der Waals surface area contributed by atoms with Crippen LogP contribution in [0.4, 0.5) is 0 Å². The summed E-state index contributed by atoms with van der Waals surface area (Å²) in [6, 6.07) is 4.71. The number of phenols is 1. The summed E-state index contributed by atoms with van der Waals surface area (Å²) in [7, 11) is 0. The van der Waals surface area contributed by atoms with Crippen LogP contribution in [0, 0.1) is 3.57 Å². The van der Waals surface area contributed by atoms with Crippen LogP contribution in [0.3, 0.4) is 0 Å². The van der Waals surface area contributed by atoms with Crippen LogP contribution < -0.4 is 5.32 Å². The van der Waals surface area contributed by atoms with Gasteiger partial charge < -0.3 is 15.5 Å². The molecule has 1 aromatic carbocycles. The molecule has 0 saturated carbocycles. The lowest BCUT2D eigenvalue weighted by Crippen LogP contribution is -2.24. The number of unbranched alkanes of at least 4 members (excludes halogenated alkanes) is 1. The quantitative estimate of drug-likeness (QED) is 0.533. The van der Waals surface area contributed by atoms with Gasteiger partial charge in [0, 0.05) is 18.5 Å². The second-order valence-electron chi connectivity index (χ2n) is 3.77. The number of nitrogens with one attached hydrogen (secondary N) is 1. The largest absolute Gasteiger partial charge is 0.507 e. The topological polar surface area (TPSA) is 86.6 Å². The molecule has 0 aromatic heterocycles. The number of carboxylic acid groups (broad SMARTS) is 1. The number of amides is 1. The SMILES string of the molecule is O=C(O)CCCCNC(=O)c1ccc(I)c(O)c1. The third kappa shape index (κ3) is 4.91. The fourth-order valence-corrected chi connectivity index (χ4v) is 1.69. The molecule has 5 nitrogen and oxygen atoms in total. The number of carboxylic acids is 1. The number of rotatable bonds is 6. The van der Waals surface area contributed by atoms with Crippen molar-refractivity contribution in [3.8, 4) is 5.75 Å². The van der Waals surface area contributed by atoms with Gasteiger partial charge in [0.05, 0.1) is 3.57 Å². The Morgan fingerprint density at radius 2 is 2.00 bits per heavy atom. The van der Waals surface area contributed by atoms with Crippen molar-refractivity contribution in [3.05, 3.63) is 27.3 Å². The molecule has 0 aliphatic rings. The van der Waals surface area contributed by atoms with Crippen molar-refractivity contribution in [1.29, 1.82) is 0 Å². The number of benzene rings is 1. The van der Waals surface area contributed by atoms with E-state index < -0.39 is 5.97 Å². The maximum Gasteiger partial charge on any atom is 0.303 e. The van der Waals surface area contributed by atoms with Gasteiger partial charge in [-0.1, -0.05) is 0 Å². The van der Waals surface area contributed by atoms with Crippen LogP contribution in [-0.4, -0.2) is 28.6 Å². The maximum atomic E-state index is 11.7. The molecule has 0 atom stereocenters. The summed E-state index contributed by atoms with van der Waals surface area (Å²) in [5.41, 5.74) is 0.395. The highest BCUT2D eigenvalue weighted by Gasteiger charge is 2.07. The van der Waals surface area contributed by atoms with Crippen molar-refractivity contribution in [2.75, 3.05) is 6.54 Å². The summed E-state index contributed by atoms with van der Waals surface area (Å²) in [6.07, 6.45) is 1.27. The molecule has 6 heteroatoms. The molecule has 0 fully saturated rings. The lowest BCUT2D eigenvalue weighted by molar-refractivity contribution is -0.137. The number of carbonyl (C=O) groups excluding carboxylic acids is 1. The first-order valence-corrected chi connectivity index (χ1v) is 6.57. The van der Waals surface area contributed by atoms with Crippen LogP contribution >= 0.6 is 22.6 Å². The van der Waals surface area contributed by atoms with Crippen LogP contribution in [0.1, 0.15) is 29.6 Å². The molecule has 0 spiro atoms. The molecular formula is C12H14INO4. The van der Waals surface area contributed by atoms with E-state index in [1.54, 1.807) is 12.1 Å². The minimum atomic E-state index is -0.830. The number of hydrogen-bond acceptors (Lipinski definition) is 3. The van der Waals surface area contributed by atoms with E-state index in [-0.39, 0.29) is 18.1 Å². The van der Waals surface area contributed by atoms with E-state index in [9.17, 15) is 14.7 Å². The smallest absolute Gasteiger partial charge is 0.303 e. The van der Waals surface area contributed by atoms with E-state index in [1.165, 1.54) is 6.07 Å². The van der Waals surface area contributed by atoms with Gasteiger partial charge in [0.15, 0.2) is 0 Å². The Balaban J connectivity index is 2.36. The first-order valence-electron chi connectivity index (χ1n) is 5.49. The van der Waals surface area contributed by atoms with Gasteiger partial charge in [-0.15, -0.1) is 0 Å². The van der Waals surface area contributed by atoms with Gasteiger partial charge >= 0.3 is 5.97 Å². The Morgan fingerprint density at radius 3 is 2.61 bits per heavy atom. The molecule has 0 bridgehead atoms. The van der Waals surface area contributed by atoms with Gasteiger partial charge in [0.2, 0.25) is 0 Å². The standard InChI is InChI=1S/C12H14INO4/c13-9-5-4-8(7-10(9)15)12(18)14-6-2-1-3-11(16)17/h4-5,7,15H,1-3,6H2,(H,14,18)(H,16,17). The van der Waals surface area contributed by atoms with E-state index in [2.05, 4.69) is 5.32 Å². The average molecular weight is 363 g/mol. The highest BCUT2D eigenvalue weighted by Crippen LogP contribution is 2.20. The molecule has 0 aliphatic heterocycles. The zero-order valence-corrected chi connectivity index (χ0v) is 11.8. The first kappa shape index (κ1) is 14.7. The number of hydrogen-bond donors (Lipinski definition) is 3. The third-order valence-corrected chi connectivity index (χ3v) is 3.22. The van der Waals surface area contributed by atoms with Crippen molar-refractivity contribution >= 4 is 34.5 Å². The fraction of sp³-hybridized carbons (Fsp3) is 0.333. The Labute approximate surface area is 118 Å². The van der Waals surface area contributed by atoms with E-state index in [0.29, 0.717) is 28.5 Å². The van der Waals surface area contributed by atoms with E-state index >= 15 is 0 Å².